The molecule has 0 radical (unpaired) electrons. The number of amides is 2. The van der Waals surface area contributed by atoms with E-state index in [2.05, 4.69) is 25.8 Å². The van der Waals surface area contributed by atoms with Crippen LogP contribution in [0.1, 0.15) is 35.1 Å². The van der Waals surface area contributed by atoms with Crippen molar-refractivity contribution < 1.29 is 32.2 Å². The van der Waals surface area contributed by atoms with Crippen molar-refractivity contribution in [2.75, 3.05) is 25.5 Å². The normalized spacial score (nSPS) is 16.5. The second-order valence-electron chi connectivity index (χ2n) is 6.77. The lowest BCUT2D eigenvalue weighted by molar-refractivity contribution is -0.141. The maximum absolute atomic E-state index is 13.1. The number of carbonyl (C=O) groups is 2. The highest BCUT2D eigenvalue weighted by molar-refractivity contribution is 6.04. The molecule has 168 valence electrons. The molecule has 0 aromatic carbocycles. The molecule has 0 aliphatic carbocycles. The summed E-state index contributed by atoms with van der Waals surface area (Å²) in [5.41, 5.74) is -1.51. The highest BCUT2D eigenvalue weighted by atomic mass is 19.4. The minimum atomic E-state index is -4.70. The van der Waals surface area contributed by atoms with Gasteiger partial charge in [0.25, 0.3) is 5.91 Å². The lowest BCUT2D eigenvalue weighted by atomic mass is 10.1. The van der Waals surface area contributed by atoms with Gasteiger partial charge in [-0.15, -0.1) is 0 Å². The van der Waals surface area contributed by atoms with Crippen molar-refractivity contribution >= 4 is 17.9 Å². The van der Waals surface area contributed by atoms with E-state index in [4.69, 9.17) is 9.47 Å². The molecule has 1 unspecified atom stereocenters. The smallest absolute Gasteiger partial charge is 0.433 e. The number of ether oxygens (including phenoxy) is 2. The van der Waals surface area contributed by atoms with Crippen LogP contribution in [0.5, 0.6) is 0 Å². The van der Waals surface area contributed by atoms with Gasteiger partial charge in [-0.3, -0.25) is 10.1 Å². The third kappa shape index (κ3) is 5.45. The van der Waals surface area contributed by atoms with E-state index >= 15 is 0 Å². The maximum atomic E-state index is 13.1. The Hall–Kier alpha value is -3.29. The molecule has 1 aliphatic heterocycles. The van der Waals surface area contributed by atoms with Crippen LogP contribution in [-0.4, -0.2) is 68.4 Å². The van der Waals surface area contributed by atoms with Gasteiger partial charge in [-0.2, -0.15) is 13.2 Å². The van der Waals surface area contributed by atoms with Crippen LogP contribution < -0.4 is 5.32 Å². The van der Waals surface area contributed by atoms with E-state index in [-0.39, 0.29) is 30.4 Å². The number of likely N-dealkylation sites (N-methyl/N-ethyl adjacent to an activating group) is 1. The third-order valence-corrected chi connectivity index (χ3v) is 4.30. The van der Waals surface area contributed by atoms with Crippen LogP contribution in [-0.2, 0) is 28.8 Å². The Morgan fingerprint density at radius 3 is 2.81 bits per heavy atom. The molecule has 2 aromatic rings. The van der Waals surface area contributed by atoms with Crippen LogP contribution in [0, 0.1) is 0 Å². The van der Waals surface area contributed by atoms with Gasteiger partial charge in [-0.1, -0.05) is 12.0 Å². The van der Waals surface area contributed by atoms with Gasteiger partial charge in [0.2, 0.25) is 5.95 Å². The molecular weight excluding hydrogens is 423 g/mol. The quantitative estimate of drug-likeness (QED) is 0.654. The summed E-state index contributed by atoms with van der Waals surface area (Å²) in [7, 11) is 1.55. The van der Waals surface area contributed by atoms with Gasteiger partial charge in [0.15, 0.2) is 0 Å². The molecule has 1 aliphatic rings. The third-order valence-electron chi connectivity index (χ3n) is 4.30. The second-order valence-corrected chi connectivity index (χ2v) is 6.77. The molecule has 1 atom stereocenters. The van der Waals surface area contributed by atoms with Crippen molar-refractivity contribution in [3.8, 4) is 0 Å². The summed E-state index contributed by atoms with van der Waals surface area (Å²) in [6.45, 7) is 2.15. The molecule has 2 amide bonds. The minimum Gasteiger partial charge on any atom is -0.442 e. The molecule has 3 rings (SSSR count). The number of halogens is 3. The Morgan fingerprint density at radius 1 is 1.39 bits per heavy atom. The predicted octanol–water partition coefficient (Wildman–Crippen LogP) is 1.72. The SMILES string of the molecule is CCCn1nnnc1NC(=O)c1ccc(C(F)(F)F)nc1COCC1CN(C)C(=O)O1. The van der Waals surface area contributed by atoms with Crippen molar-refractivity contribution in [3.63, 3.8) is 0 Å². The molecule has 1 N–H and O–H groups in total. The van der Waals surface area contributed by atoms with Gasteiger partial charge in [-0.25, -0.2) is 14.5 Å². The van der Waals surface area contributed by atoms with Crippen LogP contribution in [0.3, 0.4) is 0 Å². The Bertz CT molecular complexity index is 950. The van der Waals surface area contributed by atoms with Gasteiger partial charge < -0.3 is 14.4 Å². The maximum Gasteiger partial charge on any atom is 0.433 e. The van der Waals surface area contributed by atoms with Crippen LogP contribution in [0.2, 0.25) is 0 Å². The number of alkyl halides is 3. The van der Waals surface area contributed by atoms with Crippen LogP contribution in [0.4, 0.5) is 23.9 Å². The number of hydrogen-bond donors (Lipinski definition) is 1. The van der Waals surface area contributed by atoms with Crippen LogP contribution >= 0.6 is 0 Å². The summed E-state index contributed by atoms with van der Waals surface area (Å²) >= 11 is 0. The molecule has 1 saturated heterocycles. The average molecular weight is 443 g/mol. The number of hydrogen-bond acceptors (Lipinski definition) is 8. The number of aromatic nitrogens is 5. The van der Waals surface area contributed by atoms with Crippen molar-refractivity contribution in [2.45, 2.75) is 38.8 Å². The molecule has 2 aromatic heterocycles. The highest BCUT2D eigenvalue weighted by Gasteiger charge is 2.34. The van der Waals surface area contributed by atoms with Crippen LogP contribution in [0.25, 0.3) is 0 Å². The number of pyridine rings is 1. The summed E-state index contributed by atoms with van der Waals surface area (Å²) in [5, 5.41) is 13.4. The monoisotopic (exact) mass is 443 g/mol. The van der Waals surface area contributed by atoms with Gasteiger partial charge in [0, 0.05) is 13.6 Å². The summed E-state index contributed by atoms with van der Waals surface area (Å²) in [6.07, 6.45) is -5.08. The summed E-state index contributed by atoms with van der Waals surface area (Å²) in [6, 6.07) is 1.72. The molecule has 11 nitrogen and oxygen atoms in total. The lowest BCUT2D eigenvalue weighted by Gasteiger charge is -2.14. The number of rotatable bonds is 8. The van der Waals surface area contributed by atoms with E-state index in [0.29, 0.717) is 19.0 Å². The molecule has 0 saturated carbocycles. The predicted molar refractivity (Wildman–Crippen MR) is 97.9 cm³/mol. The van der Waals surface area contributed by atoms with E-state index in [9.17, 15) is 22.8 Å². The second kappa shape index (κ2) is 9.24. The fraction of sp³-hybridized carbons (Fsp3) is 0.529. The lowest BCUT2D eigenvalue weighted by Crippen LogP contribution is -2.23. The number of cyclic esters (lactones) is 1. The van der Waals surface area contributed by atoms with Gasteiger partial charge in [0.1, 0.15) is 11.8 Å². The van der Waals surface area contributed by atoms with E-state index in [1.165, 1.54) is 9.58 Å². The molecule has 31 heavy (non-hydrogen) atoms. The minimum absolute atomic E-state index is 0.0551. The first kappa shape index (κ1) is 22.4. The molecular formula is C17H20F3N7O4. The molecule has 1 fully saturated rings. The zero-order chi connectivity index (χ0) is 22.6. The average Bonchev–Trinajstić information content (AvgIpc) is 3.27. The van der Waals surface area contributed by atoms with Gasteiger partial charge in [-0.05, 0) is 29.0 Å². The van der Waals surface area contributed by atoms with Gasteiger partial charge >= 0.3 is 12.3 Å². The number of tetrazole rings is 1. The molecule has 0 spiro atoms. The first-order chi connectivity index (χ1) is 14.7. The fourth-order valence-corrected chi connectivity index (χ4v) is 2.83. The molecule has 14 heteroatoms. The largest absolute Gasteiger partial charge is 0.442 e. The van der Waals surface area contributed by atoms with Gasteiger partial charge in [0.05, 0.1) is 31.0 Å². The fourth-order valence-electron chi connectivity index (χ4n) is 2.83. The summed E-state index contributed by atoms with van der Waals surface area (Å²) in [5.74, 6) is -0.682. The summed E-state index contributed by atoms with van der Waals surface area (Å²) < 4.78 is 51.1. The number of nitrogens with zero attached hydrogens (tertiary/aromatic N) is 6. The molecule has 0 bridgehead atoms. The topological polar surface area (TPSA) is 124 Å². The highest BCUT2D eigenvalue weighted by Crippen LogP contribution is 2.28. The van der Waals surface area contributed by atoms with Crippen molar-refractivity contribution in [1.29, 1.82) is 0 Å². The number of aryl methyl sites for hydroxylation is 1. The number of anilines is 1. The van der Waals surface area contributed by atoms with Crippen molar-refractivity contribution in [3.05, 3.63) is 29.1 Å². The zero-order valence-corrected chi connectivity index (χ0v) is 16.7. The van der Waals surface area contributed by atoms with Crippen molar-refractivity contribution in [2.24, 2.45) is 0 Å². The first-order valence-electron chi connectivity index (χ1n) is 9.33. The molecule has 3 heterocycles. The van der Waals surface area contributed by atoms with E-state index in [1.54, 1.807) is 7.05 Å². The van der Waals surface area contributed by atoms with Crippen LogP contribution in [0.15, 0.2) is 12.1 Å². The number of carbonyl (C=O) groups excluding carboxylic acids is 2. The Morgan fingerprint density at radius 2 is 2.16 bits per heavy atom. The Balaban J connectivity index is 1.76. The summed E-state index contributed by atoms with van der Waals surface area (Å²) in [4.78, 5) is 29.0. The Kier molecular flexibility index (Phi) is 6.68. The number of nitrogens with one attached hydrogen (secondary N) is 1. The van der Waals surface area contributed by atoms with Crippen molar-refractivity contribution in [1.82, 2.24) is 30.1 Å². The first-order valence-corrected chi connectivity index (χ1v) is 9.33. The van der Waals surface area contributed by atoms with E-state index in [0.717, 1.165) is 6.07 Å². The van der Waals surface area contributed by atoms with E-state index < -0.39 is 36.6 Å². The standard InChI is InChI=1S/C17H20F3N7O4/c1-3-6-27-15(23-24-25-27)22-14(28)11-4-5-13(17(18,19)20)21-12(11)9-30-8-10-7-26(2)16(29)31-10/h4-5,10H,3,6-9H2,1-2H3,(H,22,23,25,28). The Labute approximate surface area is 174 Å². The zero-order valence-electron chi connectivity index (χ0n) is 16.7. The van der Waals surface area contributed by atoms with E-state index in [1.807, 2.05) is 6.92 Å².